The van der Waals surface area contributed by atoms with Gasteiger partial charge in [0.1, 0.15) is 0 Å². The minimum atomic E-state index is 0.00762. The average molecular weight is 394 g/mol. The second-order valence-corrected chi connectivity index (χ2v) is 7.58. The Morgan fingerprint density at radius 1 is 1.11 bits per heavy atom. The highest BCUT2D eigenvalue weighted by Gasteiger charge is 2.14. The smallest absolute Gasteiger partial charge is 0.262 e. The van der Waals surface area contributed by atoms with Crippen LogP contribution >= 0.6 is 11.8 Å². The van der Waals surface area contributed by atoms with Crippen molar-refractivity contribution in [3.8, 4) is 6.07 Å². The van der Waals surface area contributed by atoms with Gasteiger partial charge in [-0.25, -0.2) is 4.98 Å². The van der Waals surface area contributed by atoms with E-state index in [4.69, 9.17) is 4.98 Å². The fourth-order valence-corrected chi connectivity index (χ4v) is 4.26. The molecule has 0 radical (unpaired) electrons. The molecule has 0 atom stereocenters. The Balaban J connectivity index is 1.96. The molecular weight excluding hydrogens is 368 g/mol. The quantitative estimate of drug-likeness (QED) is 0.472. The predicted octanol–water partition coefficient (Wildman–Crippen LogP) is 2.49. The first-order chi connectivity index (χ1) is 13.7. The van der Waals surface area contributed by atoms with Gasteiger partial charge < -0.3 is 4.90 Å². The van der Waals surface area contributed by atoms with Crippen molar-refractivity contribution in [3.63, 3.8) is 0 Å². The SMILES string of the molecule is CC[NH+](CC)CCn1c(SCc2ccccc2C#N)nc2ccccc2c1=O. The van der Waals surface area contributed by atoms with Crippen LogP contribution < -0.4 is 10.5 Å². The van der Waals surface area contributed by atoms with Gasteiger partial charge in [0.15, 0.2) is 5.16 Å². The van der Waals surface area contributed by atoms with Crippen molar-refractivity contribution in [1.29, 1.82) is 5.26 Å². The third kappa shape index (κ3) is 4.44. The normalized spacial score (nSPS) is 11.1. The van der Waals surface area contributed by atoms with Crippen LogP contribution in [-0.2, 0) is 12.3 Å². The summed E-state index contributed by atoms with van der Waals surface area (Å²) in [7, 11) is 0. The van der Waals surface area contributed by atoms with E-state index in [1.54, 1.807) is 4.57 Å². The molecule has 5 nitrogen and oxygen atoms in total. The highest BCUT2D eigenvalue weighted by molar-refractivity contribution is 7.98. The molecule has 0 saturated carbocycles. The van der Waals surface area contributed by atoms with Crippen molar-refractivity contribution >= 4 is 22.7 Å². The van der Waals surface area contributed by atoms with E-state index >= 15 is 0 Å². The summed E-state index contributed by atoms with van der Waals surface area (Å²) in [6, 6.07) is 17.3. The molecule has 3 aromatic rings. The maximum absolute atomic E-state index is 13.1. The summed E-state index contributed by atoms with van der Waals surface area (Å²) in [5.74, 6) is 0.604. The molecule has 0 amide bonds. The molecule has 0 aliphatic heterocycles. The van der Waals surface area contributed by atoms with Gasteiger partial charge in [-0.3, -0.25) is 9.36 Å². The number of rotatable bonds is 8. The number of hydrogen-bond acceptors (Lipinski definition) is 4. The maximum Gasteiger partial charge on any atom is 0.262 e. The molecule has 1 N–H and O–H groups in total. The number of nitrogens with one attached hydrogen (secondary N) is 1. The Hall–Kier alpha value is -2.62. The van der Waals surface area contributed by atoms with Crippen LogP contribution in [0.1, 0.15) is 25.0 Å². The zero-order chi connectivity index (χ0) is 19.9. The van der Waals surface area contributed by atoms with E-state index in [1.807, 2.05) is 48.5 Å². The van der Waals surface area contributed by atoms with Crippen molar-refractivity contribution in [2.45, 2.75) is 31.3 Å². The van der Waals surface area contributed by atoms with Crippen LogP contribution in [0.4, 0.5) is 0 Å². The van der Waals surface area contributed by atoms with Crippen LogP contribution in [0.2, 0.25) is 0 Å². The molecule has 2 aromatic carbocycles. The summed E-state index contributed by atoms with van der Waals surface area (Å²) in [6.07, 6.45) is 0. The van der Waals surface area contributed by atoms with E-state index in [-0.39, 0.29) is 5.56 Å². The zero-order valence-electron chi connectivity index (χ0n) is 16.3. The summed E-state index contributed by atoms with van der Waals surface area (Å²) in [5.41, 5.74) is 2.35. The fraction of sp³-hybridized carbons (Fsp3) is 0.318. The number of aromatic nitrogens is 2. The molecular formula is C22H25N4OS+. The molecule has 3 rings (SSSR count). The molecule has 0 unspecified atom stereocenters. The van der Waals surface area contributed by atoms with Gasteiger partial charge in [0, 0.05) is 5.75 Å². The Bertz CT molecular complexity index is 1050. The largest absolute Gasteiger partial charge is 0.334 e. The highest BCUT2D eigenvalue weighted by atomic mass is 32.2. The third-order valence-electron chi connectivity index (χ3n) is 5.01. The van der Waals surface area contributed by atoms with Gasteiger partial charge in [-0.2, -0.15) is 5.26 Å². The molecule has 144 valence electrons. The lowest BCUT2D eigenvalue weighted by Gasteiger charge is -2.18. The van der Waals surface area contributed by atoms with E-state index in [0.29, 0.717) is 28.4 Å². The number of hydrogen-bond donors (Lipinski definition) is 1. The van der Waals surface area contributed by atoms with E-state index in [2.05, 4.69) is 19.9 Å². The molecule has 1 heterocycles. The van der Waals surface area contributed by atoms with Crippen molar-refractivity contribution in [1.82, 2.24) is 9.55 Å². The van der Waals surface area contributed by atoms with Crippen LogP contribution in [0, 0.1) is 11.3 Å². The molecule has 0 spiro atoms. The number of likely N-dealkylation sites (N-methyl/N-ethyl adjacent to an activating group) is 1. The van der Waals surface area contributed by atoms with Gasteiger partial charge in [-0.05, 0) is 37.6 Å². The predicted molar refractivity (Wildman–Crippen MR) is 114 cm³/mol. The van der Waals surface area contributed by atoms with Crippen molar-refractivity contribution in [2.75, 3.05) is 19.6 Å². The second kappa shape index (κ2) is 9.54. The standard InChI is InChI=1S/C22H24N4OS/c1-3-25(4-2)13-14-26-21(27)19-11-7-8-12-20(19)24-22(26)28-16-18-10-6-5-9-17(18)15-23/h5-12H,3-4,13-14,16H2,1-2H3/p+1. The van der Waals surface area contributed by atoms with Crippen LogP contribution in [0.5, 0.6) is 0 Å². The van der Waals surface area contributed by atoms with Gasteiger partial charge in [-0.15, -0.1) is 0 Å². The summed E-state index contributed by atoms with van der Waals surface area (Å²) >= 11 is 1.52. The number of thioether (sulfide) groups is 1. The minimum Gasteiger partial charge on any atom is -0.334 e. The molecule has 0 saturated heterocycles. The lowest BCUT2D eigenvalue weighted by Crippen LogP contribution is -3.11. The van der Waals surface area contributed by atoms with Gasteiger partial charge in [0.2, 0.25) is 0 Å². The van der Waals surface area contributed by atoms with Crippen molar-refractivity contribution in [3.05, 3.63) is 70.0 Å². The molecule has 0 fully saturated rings. The highest BCUT2D eigenvalue weighted by Crippen LogP contribution is 2.23. The number of nitrogens with zero attached hydrogens (tertiary/aromatic N) is 3. The number of nitriles is 1. The summed E-state index contributed by atoms with van der Waals surface area (Å²) in [5, 5.41) is 10.7. The topological polar surface area (TPSA) is 63.1 Å². The maximum atomic E-state index is 13.1. The van der Waals surface area contributed by atoms with Gasteiger partial charge >= 0.3 is 0 Å². The Morgan fingerprint density at radius 3 is 2.57 bits per heavy atom. The van der Waals surface area contributed by atoms with Crippen molar-refractivity contribution < 1.29 is 4.90 Å². The van der Waals surface area contributed by atoms with Gasteiger partial charge in [0.05, 0.1) is 48.7 Å². The third-order valence-corrected chi connectivity index (χ3v) is 6.04. The first kappa shape index (κ1) is 20.1. The first-order valence-electron chi connectivity index (χ1n) is 9.61. The first-order valence-corrected chi connectivity index (χ1v) is 10.6. The molecule has 28 heavy (non-hydrogen) atoms. The summed E-state index contributed by atoms with van der Waals surface area (Å²) < 4.78 is 1.80. The number of benzene rings is 2. The average Bonchev–Trinajstić information content (AvgIpc) is 2.74. The van der Waals surface area contributed by atoms with Gasteiger partial charge in [-0.1, -0.05) is 42.1 Å². The Kier molecular flexibility index (Phi) is 6.85. The van der Waals surface area contributed by atoms with E-state index in [0.717, 1.165) is 30.7 Å². The molecule has 0 bridgehead atoms. The number of para-hydroxylation sites is 1. The Morgan fingerprint density at radius 2 is 1.82 bits per heavy atom. The summed E-state index contributed by atoms with van der Waals surface area (Å²) in [6.45, 7) is 7.91. The van der Waals surface area contributed by atoms with Crippen molar-refractivity contribution in [2.24, 2.45) is 0 Å². The lowest BCUT2D eigenvalue weighted by molar-refractivity contribution is -0.897. The van der Waals surface area contributed by atoms with Crippen LogP contribution in [-0.4, -0.2) is 29.2 Å². The Labute approximate surface area is 169 Å². The molecule has 6 heteroatoms. The lowest BCUT2D eigenvalue weighted by atomic mass is 10.1. The zero-order valence-corrected chi connectivity index (χ0v) is 17.1. The minimum absolute atomic E-state index is 0.00762. The number of quaternary nitrogens is 1. The number of fused-ring (bicyclic) bond motifs is 1. The van der Waals surface area contributed by atoms with Crippen LogP contribution in [0.15, 0.2) is 58.5 Å². The van der Waals surface area contributed by atoms with Gasteiger partial charge in [0.25, 0.3) is 5.56 Å². The second-order valence-electron chi connectivity index (χ2n) is 6.63. The summed E-state index contributed by atoms with van der Waals surface area (Å²) in [4.78, 5) is 19.3. The van der Waals surface area contributed by atoms with E-state index in [9.17, 15) is 10.1 Å². The molecule has 1 aromatic heterocycles. The van der Waals surface area contributed by atoms with E-state index in [1.165, 1.54) is 16.7 Å². The van der Waals surface area contributed by atoms with Crippen LogP contribution in [0.3, 0.4) is 0 Å². The fourth-order valence-electron chi connectivity index (χ4n) is 3.23. The van der Waals surface area contributed by atoms with E-state index < -0.39 is 0 Å². The molecule has 0 aliphatic rings. The van der Waals surface area contributed by atoms with Crippen LogP contribution in [0.25, 0.3) is 10.9 Å². The molecule has 0 aliphatic carbocycles. The monoisotopic (exact) mass is 393 g/mol.